The number of hydrogen-bond acceptors (Lipinski definition) is 5. The van der Waals surface area contributed by atoms with Crippen LogP contribution in [0.5, 0.6) is 28.9 Å². The molecule has 0 atom stereocenters. The van der Waals surface area contributed by atoms with E-state index in [1.165, 1.54) is 0 Å². The van der Waals surface area contributed by atoms with E-state index in [0.717, 1.165) is 61.9 Å². The van der Waals surface area contributed by atoms with E-state index < -0.39 is 0 Å². The van der Waals surface area contributed by atoms with E-state index in [1.807, 2.05) is 36.5 Å². The van der Waals surface area contributed by atoms with Crippen molar-refractivity contribution in [1.82, 2.24) is 4.98 Å². The highest BCUT2D eigenvalue weighted by atomic mass is 16.7. The zero-order valence-corrected chi connectivity index (χ0v) is 15.2. The summed E-state index contributed by atoms with van der Waals surface area (Å²) in [7, 11) is 0. The Morgan fingerprint density at radius 1 is 0.893 bits per heavy atom. The van der Waals surface area contributed by atoms with Gasteiger partial charge in [0.1, 0.15) is 0 Å². The fourth-order valence-corrected chi connectivity index (χ4v) is 4.38. The molecular formula is C22H17NO5. The first kappa shape index (κ1) is 15.5. The monoisotopic (exact) mass is 375 g/mol. The van der Waals surface area contributed by atoms with Gasteiger partial charge in [-0.15, -0.1) is 0 Å². The van der Waals surface area contributed by atoms with Crippen molar-refractivity contribution in [2.24, 2.45) is 0 Å². The Bertz CT molecular complexity index is 1270. The van der Waals surface area contributed by atoms with Gasteiger partial charge in [0.2, 0.25) is 13.6 Å². The predicted octanol–water partition coefficient (Wildman–Crippen LogP) is 4.71. The second kappa shape index (κ2) is 5.48. The number of ether oxygens (including phenoxy) is 4. The molecule has 0 radical (unpaired) electrons. The minimum atomic E-state index is 0.174. The summed E-state index contributed by atoms with van der Waals surface area (Å²) in [5.74, 6) is 3.09. The van der Waals surface area contributed by atoms with Crippen LogP contribution < -0.4 is 18.9 Å². The zero-order valence-electron chi connectivity index (χ0n) is 15.2. The summed E-state index contributed by atoms with van der Waals surface area (Å²) < 4.78 is 22.6. The number of hydrogen-bond donors (Lipinski definition) is 2. The van der Waals surface area contributed by atoms with Gasteiger partial charge in [0.25, 0.3) is 0 Å². The normalized spacial score (nSPS) is 14.3. The van der Waals surface area contributed by atoms with Crippen LogP contribution in [0.2, 0.25) is 0 Å². The molecule has 4 aromatic rings. The molecule has 0 fully saturated rings. The summed E-state index contributed by atoms with van der Waals surface area (Å²) in [5, 5.41) is 14.3. The maximum atomic E-state index is 10.5. The Balaban J connectivity index is 1.81. The van der Waals surface area contributed by atoms with Crippen molar-refractivity contribution < 1.29 is 24.1 Å². The van der Waals surface area contributed by atoms with Crippen molar-refractivity contribution in [1.29, 1.82) is 0 Å². The lowest BCUT2D eigenvalue weighted by Crippen LogP contribution is -1.95. The van der Waals surface area contributed by atoms with Gasteiger partial charge in [-0.25, -0.2) is 0 Å². The Morgan fingerprint density at radius 2 is 1.68 bits per heavy atom. The molecule has 2 aliphatic rings. The third-order valence-electron chi connectivity index (χ3n) is 5.56. The van der Waals surface area contributed by atoms with Crippen LogP contribution in [0.1, 0.15) is 12.5 Å². The molecule has 0 saturated heterocycles. The van der Waals surface area contributed by atoms with Gasteiger partial charge < -0.3 is 29.0 Å². The van der Waals surface area contributed by atoms with E-state index in [0.29, 0.717) is 5.75 Å². The van der Waals surface area contributed by atoms with Gasteiger partial charge in [-0.2, -0.15) is 0 Å². The van der Waals surface area contributed by atoms with Gasteiger partial charge in [-0.1, -0.05) is 19.1 Å². The highest BCUT2D eigenvalue weighted by Crippen LogP contribution is 2.51. The van der Waals surface area contributed by atoms with Crippen LogP contribution in [0.4, 0.5) is 0 Å². The van der Waals surface area contributed by atoms with Crippen molar-refractivity contribution in [3.05, 3.63) is 42.1 Å². The van der Waals surface area contributed by atoms with Crippen molar-refractivity contribution in [2.45, 2.75) is 13.3 Å². The molecule has 140 valence electrons. The summed E-state index contributed by atoms with van der Waals surface area (Å²) in [4.78, 5) is 2.98. The van der Waals surface area contributed by atoms with Crippen LogP contribution >= 0.6 is 0 Å². The molecule has 6 rings (SSSR count). The van der Waals surface area contributed by atoms with E-state index in [2.05, 4.69) is 11.9 Å². The molecule has 6 heteroatoms. The SMILES string of the molecule is CCc1c2ccc3c(c2c(-c2ccc4c(c2)OCO4)c2c[nH]c(O)c12)OCO3. The number of fused-ring (bicyclic) bond motifs is 5. The van der Waals surface area contributed by atoms with Crippen molar-refractivity contribution in [3.63, 3.8) is 0 Å². The minimum Gasteiger partial charge on any atom is -0.494 e. The Kier molecular flexibility index (Phi) is 3.04. The van der Waals surface area contributed by atoms with Gasteiger partial charge in [-0.3, -0.25) is 0 Å². The molecule has 0 spiro atoms. The van der Waals surface area contributed by atoms with Crippen LogP contribution in [0, 0.1) is 0 Å². The number of H-pyrrole nitrogens is 1. The lowest BCUT2D eigenvalue weighted by molar-refractivity contribution is 0.174. The standard InChI is InChI=1S/C22H17NO5/c1-2-12-13-4-6-16-21(28-10-26-16)20(13)18(14-8-23-22(24)19(12)14)11-3-5-15-17(7-11)27-9-25-15/h3-8,23-24H,2,9-10H2,1H3. The van der Waals surface area contributed by atoms with E-state index >= 15 is 0 Å². The van der Waals surface area contributed by atoms with Crippen LogP contribution in [0.15, 0.2) is 36.5 Å². The number of aromatic hydroxyl groups is 1. The zero-order chi connectivity index (χ0) is 18.8. The average molecular weight is 375 g/mol. The fourth-order valence-electron chi connectivity index (χ4n) is 4.38. The summed E-state index contributed by atoms with van der Waals surface area (Å²) >= 11 is 0. The molecule has 3 heterocycles. The summed E-state index contributed by atoms with van der Waals surface area (Å²) in [6.45, 7) is 2.51. The first-order valence-corrected chi connectivity index (χ1v) is 9.23. The first-order valence-electron chi connectivity index (χ1n) is 9.23. The topological polar surface area (TPSA) is 72.9 Å². The second-order valence-electron chi connectivity index (χ2n) is 6.92. The highest BCUT2D eigenvalue weighted by Gasteiger charge is 2.26. The quantitative estimate of drug-likeness (QED) is 0.531. The van der Waals surface area contributed by atoms with E-state index in [9.17, 15) is 5.11 Å². The fraction of sp³-hybridized carbons (Fsp3) is 0.182. The Labute approximate surface area is 160 Å². The maximum Gasteiger partial charge on any atom is 0.231 e. The van der Waals surface area contributed by atoms with E-state index in [1.54, 1.807) is 0 Å². The molecule has 2 aliphatic heterocycles. The smallest absolute Gasteiger partial charge is 0.231 e. The second-order valence-corrected chi connectivity index (χ2v) is 6.92. The van der Waals surface area contributed by atoms with E-state index in [4.69, 9.17) is 18.9 Å². The van der Waals surface area contributed by atoms with Crippen molar-refractivity contribution in [3.8, 4) is 40.0 Å². The van der Waals surface area contributed by atoms with Gasteiger partial charge in [0.05, 0.1) is 0 Å². The molecule has 0 saturated carbocycles. The molecule has 28 heavy (non-hydrogen) atoms. The van der Waals surface area contributed by atoms with Crippen LogP contribution in [0.25, 0.3) is 32.7 Å². The van der Waals surface area contributed by atoms with Crippen LogP contribution in [-0.4, -0.2) is 23.7 Å². The van der Waals surface area contributed by atoms with Crippen molar-refractivity contribution >= 4 is 21.5 Å². The molecule has 3 aromatic carbocycles. The van der Waals surface area contributed by atoms with Gasteiger partial charge in [0.15, 0.2) is 28.9 Å². The average Bonchev–Trinajstić information content (AvgIpc) is 3.45. The van der Waals surface area contributed by atoms with Gasteiger partial charge >= 0.3 is 0 Å². The molecular weight excluding hydrogens is 358 g/mol. The Morgan fingerprint density at radius 3 is 2.57 bits per heavy atom. The molecule has 6 nitrogen and oxygen atoms in total. The lowest BCUT2D eigenvalue weighted by Gasteiger charge is -2.16. The summed E-state index contributed by atoms with van der Waals surface area (Å²) in [5.41, 5.74) is 3.01. The highest BCUT2D eigenvalue weighted by molar-refractivity contribution is 6.19. The van der Waals surface area contributed by atoms with Crippen LogP contribution in [-0.2, 0) is 6.42 Å². The molecule has 1 aromatic heterocycles. The largest absolute Gasteiger partial charge is 0.494 e. The number of rotatable bonds is 2. The number of nitrogens with one attached hydrogen (secondary N) is 1. The number of aromatic amines is 1. The van der Waals surface area contributed by atoms with Crippen LogP contribution in [0.3, 0.4) is 0 Å². The third-order valence-corrected chi connectivity index (χ3v) is 5.56. The van der Waals surface area contributed by atoms with Gasteiger partial charge in [-0.05, 0) is 41.1 Å². The molecule has 0 bridgehead atoms. The summed E-state index contributed by atoms with van der Waals surface area (Å²) in [6.07, 6.45) is 2.62. The molecule has 2 N–H and O–H groups in total. The molecule has 0 unspecified atom stereocenters. The lowest BCUT2D eigenvalue weighted by atomic mass is 9.88. The first-order chi connectivity index (χ1) is 13.8. The van der Waals surface area contributed by atoms with Crippen molar-refractivity contribution in [2.75, 3.05) is 13.6 Å². The number of aromatic nitrogens is 1. The van der Waals surface area contributed by atoms with Gasteiger partial charge in [0, 0.05) is 27.9 Å². The summed E-state index contributed by atoms with van der Waals surface area (Å²) in [6, 6.07) is 9.87. The number of aryl methyl sites for hydroxylation is 1. The minimum absolute atomic E-state index is 0.174. The third kappa shape index (κ3) is 1.92. The molecule has 0 amide bonds. The van der Waals surface area contributed by atoms with E-state index in [-0.39, 0.29) is 19.5 Å². The maximum absolute atomic E-state index is 10.5. The Hall–Kier alpha value is -3.54. The predicted molar refractivity (Wildman–Crippen MR) is 105 cm³/mol. The molecule has 0 aliphatic carbocycles. The number of benzene rings is 3.